The first-order valence-corrected chi connectivity index (χ1v) is 8.18. The number of rotatable bonds is 2. The Morgan fingerprint density at radius 1 is 0.769 bits per heavy atom. The Hall–Kier alpha value is -0.728. The number of aryl methyl sites for hydroxylation is 1. The van der Waals surface area contributed by atoms with Crippen LogP contribution in [0.25, 0.3) is 32.9 Å². The summed E-state index contributed by atoms with van der Waals surface area (Å²) in [5.41, 5.74) is 17.2. The Balaban J connectivity index is 0.00000121. The third-order valence-electron chi connectivity index (χ3n) is 4.53. The molecule has 1 heterocycles. The van der Waals surface area contributed by atoms with Gasteiger partial charge in [-0.3, -0.25) is 0 Å². The summed E-state index contributed by atoms with van der Waals surface area (Å²) in [6, 6.07) is 22.7. The van der Waals surface area contributed by atoms with Gasteiger partial charge in [-0.2, -0.15) is 4.57 Å². The second kappa shape index (κ2) is 8.97. The minimum absolute atomic E-state index is 0. The maximum atomic E-state index is 6.10. The molecule has 0 unspecified atom stereocenters. The number of nitrogens with zero attached hydrogens (tertiary/aromatic N) is 1. The Labute approximate surface area is 218 Å². The van der Waals surface area contributed by atoms with Crippen molar-refractivity contribution in [3.63, 3.8) is 0 Å². The number of fused-ring (bicyclic) bond motifs is 3. The van der Waals surface area contributed by atoms with Gasteiger partial charge in [-0.25, -0.2) is 0 Å². The molecule has 0 saturated heterocycles. The van der Waals surface area contributed by atoms with Gasteiger partial charge in [-0.1, -0.05) is 24.3 Å². The topological polar surface area (TPSA) is 55.9 Å². The molecule has 0 saturated carbocycles. The second-order valence-corrected chi connectivity index (χ2v) is 6.04. The van der Waals surface area contributed by atoms with Gasteiger partial charge in [-0.15, -0.1) is 12.4 Å². The van der Waals surface area contributed by atoms with Crippen molar-refractivity contribution >= 4 is 114 Å². The van der Waals surface area contributed by atoms with Gasteiger partial charge in [-0.05, 0) is 43.3 Å². The first kappa shape index (κ1) is 21.6. The summed E-state index contributed by atoms with van der Waals surface area (Å²) < 4.78 is 2.32. The van der Waals surface area contributed by atoms with Gasteiger partial charge in [0.25, 0.3) is 0 Å². The molecule has 128 valence electrons. The zero-order chi connectivity index (χ0) is 16.7. The summed E-state index contributed by atoms with van der Waals surface area (Å²) >= 11 is 0. The first-order chi connectivity index (χ1) is 11.7. The predicted octanol–water partition coefficient (Wildman–Crippen LogP) is 3.91. The van der Waals surface area contributed by atoms with Gasteiger partial charge in [0.2, 0.25) is 11.2 Å². The van der Waals surface area contributed by atoms with E-state index in [1.807, 2.05) is 18.2 Å². The van der Waals surface area contributed by atoms with Crippen LogP contribution in [0.5, 0.6) is 0 Å². The molecule has 0 atom stereocenters. The van der Waals surface area contributed by atoms with Crippen molar-refractivity contribution in [1.82, 2.24) is 0 Å². The molecular weight excluding hydrogens is 463 g/mol. The molecule has 4 rings (SSSR count). The summed E-state index contributed by atoms with van der Waals surface area (Å²) in [5, 5.41) is 3.56. The molecule has 4 N–H and O–H groups in total. The van der Waals surface area contributed by atoms with Crippen molar-refractivity contribution in [3.8, 4) is 11.3 Å². The summed E-state index contributed by atoms with van der Waals surface area (Å²) in [4.78, 5) is 0. The molecule has 5 heteroatoms. The van der Waals surface area contributed by atoms with Crippen LogP contribution in [0.2, 0.25) is 0 Å². The van der Waals surface area contributed by atoms with Crippen molar-refractivity contribution in [2.75, 3.05) is 11.5 Å². The minimum atomic E-state index is 0. The van der Waals surface area contributed by atoms with Crippen LogP contribution < -0.4 is 16.0 Å². The van der Waals surface area contributed by atoms with Crippen molar-refractivity contribution < 1.29 is 4.57 Å². The van der Waals surface area contributed by atoms with E-state index >= 15 is 0 Å². The molecular formula is C21H22ClCsN3+. The van der Waals surface area contributed by atoms with E-state index in [4.69, 9.17) is 11.5 Å². The van der Waals surface area contributed by atoms with Gasteiger partial charge < -0.3 is 11.5 Å². The zero-order valence-corrected chi connectivity index (χ0v) is 14.9. The number of pyridine rings is 1. The molecule has 0 radical (unpaired) electrons. The Morgan fingerprint density at radius 2 is 1.38 bits per heavy atom. The zero-order valence-electron chi connectivity index (χ0n) is 14.1. The Bertz CT molecular complexity index is 1070. The molecule has 0 amide bonds. The van der Waals surface area contributed by atoms with Crippen molar-refractivity contribution in [2.24, 2.45) is 0 Å². The molecule has 3 nitrogen and oxygen atoms in total. The van der Waals surface area contributed by atoms with Crippen LogP contribution in [-0.4, -0.2) is 68.9 Å². The van der Waals surface area contributed by atoms with E-state index in [0.29, 0.717) is 0 Å². The maximum absolute atomic E-state index is 6.10. The fraction of sp³-hybridized carbons (Fsp3) is 0.0952. The van der Waals surface area contributed by atoms with Gasteiger partial charge in [0.15, 0.2) is 0 Å². The van der Waals surface area contributed by atoms with E-state index in [1.165, 1.54) is 27.4 Å². The molecule has 0 spiro atoms. The molecule has 0 aliphatic rings. The number of anilines is 2. The first-order valence-electron chi connectivity index (χ1n) is 8.18. The molecule has 0 aliphatic carbocycles. The molecule has 0 bridgehead atoms. The van der Waals surface area contributed by atoms with Crippen molar-refractivity contribution in [1.29, 1.82) is 0 Å². The SMILES string of the molecule is CC[n+]1c(-c2ccccc2)c2cc(N)ccc2c2ccc(N)cc21.Cl.[CsH]. The molecule has 0 aliphatic heterocycles. The van der Waals surface area contributed by atoms with Crippen LogP contribution in [0.4, 0.5) is 11.4 Å². The molecule has 3 aromatic carbocycles. The van der Waals surface area contributed by atoms with Gasteiger partial charge in [0.1, 0.15) is 6.54 Å². The fourth-order valence-electron chi connectivity index (χ4n) is 3.49. The second-order valence-electron chi connectivity index (χ2n) is 6.04. The number of hydrogen-bond donors (Lipinski definition) is 2. The van der Waals surface area contributed by atoms with Crippen LogP contribution in [0.3, 0.4) is 0 Å². The number of nitrogens with two attached hydrogens (primary N) is 2. The summed E-state index contributed by atoms with van der Waals surface area (Å²) in [6.45, 7) is 3.02. The van der Waals surface area contributed by atoms with Crippen LogP contribution in [0.15, 0.2) is 66.7 Å². The summed E-state index contributed by atoms with van der Waals surface area (Å²) in [7, 11) is 0. The van der Waals surface area contributed by atoms with Crippen LogP contribution >= 0.6 is 12.4 Å². The molecule has 4 aromatic rings. The standard InChI is InChI=1S/C21H19N3.ClH.Cs.H/c1-2-24-20-13-16(23)9-11-18(20)17-10-8-15(22)12-19(17)21(24)14-6-4-3-5-7-14;;;/h3-13,23H,2,22H2,1H3;1H;;/p+1. The normalized spacial score (nSPS) is 10.3. The average Bonchev–Trinajstić information content (AvgIpc) is 2.61. The Kier molecular flexibility index (Phi) is 7.45. The van der Waals surface area contributed by atoms with Crippen LogP contribution in [-0.2, 0) is 6.54 Å². The number of benzene rings is 3. The van der Waals surface area contributed by atoms with E-state index in [0.717, 1.165) is 23.4 Å². The number of aromatic nitrogens is 1. The molecule has 1 aromatic heterocycles. The van der Waals surface area contributed by atoms with E-state index in [-0.39, 0.29) is 81.3 Å². The van der Waals surface area contributed by atoms with E-state index in [2.05, 4.69) is 60.0 Å². The number of hydrogen-bond acceptors (Lipinski definition) is 2. The van der Waals surface area contributed by atoms with E-state index in [9.17, 15) is 0 Å². The number of nitrogen functional groups attached to an aromatic ring is 2. The van der Waals surface area contributed by atoms with Crippen LogP contribution in [0.1, 0.15) is 6.92 Å². The molecule has 0 fully saturated rings. The van der Waals surface area contributed by atoms with Crippen molar-refractivity contribution in [2.45, 2.75) is 13.5 Å². The molecule has 26 heavy (non-hydrogen) atoms. The van der Waals surface area contributed by atoms with Gasteiger partial charge >= 0.3 is 68.9 Å². The third kappa shape index (κ3) is 3.78. The quantitative estimate of drug-likeness (QED) is 0.258. The Morgan fingerprint density at radius 3 is 2.04 bits per heavy atom. The average molecular weight is 485 g/mol. The summed E-state index contributed by atoms with van der Waals surface area (Å²) in [6.07, 6.45) is 0. The third-order valence-corrected chi connectivity index (χ3v) is 4.53. The van der Waals surface area contributed by atoms with Crippen LogP contribution in [0, 0.1) is 0 Å². The monoisotopic (exact) mass is 484 g/mol. The van der Waals surface area contributed by atoms with E-state index < -0.39 is 0 Å². The van der Waals surface area contributed by atoms with Gasteiger partial charge in [0.05, 0.1) is 10.8 Å². The summed E-state index contributed by atoms with van der Waals surface area (Å²) in [5.74, 6) is 0. The van der Waals surface area contributed by atoms with E-state index in [1.54, 1.807) is 0 Å². The van der Waals surface area contributed by atoms with Crippen molar-refractivity contribution in [3.05, 3.63) is 66.7 Å². The predicted molar refractivity (Wildman–Crippen MR) is 116 cm³/mol. The van der Waals surface area contributed by atoms with Gasteiger partial charge in [0, 0.05) is 28.4 Å². The number of halogens is 1. The fourth-order valence-corrected chi connectivity index (χ4v) is 3.49.